The quantitative estimate of drug-likeness (QED) is 0.716. The number of nitrogen functional groups attached to an aromatic ring is 1. The summed E-state index contributed by atoms with van der Waals surface area (Å²) < 4.78 is 5.46. The van der Waals surface area contributed by atoms with Crippen LogP contribution in [-0.2, 0) is 0 Å². The topological polar surface area (TPSA) is 63.0 Å². The first-order valence-electron chi connectivity index (χ1n) is 4.57. The molecule has 2 N–H and O–H groups in total. The van der Waals surface area contributed by atoms with E-state index in [9.17, 15) is 0 Å². The third-order valence-electron chi connectivity index (χ3n) is 2.17. The summed E-state index contributed by atoms with van der Waals surface area (Å²) in [5.74, 6) is 1.52. The van der Waals surface area contributed by atoms with E-state index in [0.717, 1.165) is 11.3 Å². The van der Waals surface area contributed by atoms with Gasteiger partial charge in [0.1, 0.15) is 11.5 Å². The Morgan fingerprint density at radius 3 is 2.67 bits per heavy atom. The van der Waals surface area contributed by atoms with Gasteiger partial charge in [0.05, 0.1) is 11.6 Å². The first-order valence-corrected chi connectivity index (χ1v) is 4.57. The van der Waals surface area contributed by atoms with Crippen molar-refractivity contribution in [1.82, 2.24) is 0 Å². The average Bonchev–Trinajstić information content (AvgIpc) is 2.64. The van der Waals surface area contributed by atoms with E-state index >= 15 is 0 Å². The summed E-state index contributed by atoms with van der Waals surface area (Å²) >= 11 is 0. The maximum Gasteiger partial charge on any atom is 0.135 e. The van der Waals surface area contributed by atoms with Crippen LogP contribution in [0.2, 0.25) is 0 Å². The normalized spacial score (nSPS) is 9.87. The van der Waals surface area contributed by atoms with Crippen molar-refractivity contribution < 1.29 is 4.42 Å². The van der Waals surface area contributed by atoms with Crippen molar-refractivity contribution in [2.24, 2.45) is 0 Å². The second kappa shape index (κ2) is 3.50. The van der Waals surface area contributed by atoms with Crippen molar-refractivity contribution in [2.45, 2.75) is 6.92 Å². The number of furan rings is 1. The van der Waals surface area contributed by atoms with E-state index in [0.29, 0.717) is 17.0 Å². The van der Waals surface area contributed by atoms with Gasteiger partial charge in [0, 0.05) is 11.3 Å². The molecule has 0 amide bonds. The van der Waals surface area contributed by atoms with E-state index in [1.807, 2.05) is 19.1 Å². The van der Waals surface area contributed by atoms with Gasteiger partial charge in [-0.05, 0) is 37.3 Å². The first kappa shape index (κ1) is 9.35. The van der Waals surface area contributed by atoms with Crippen molar-refractivity contribution in [3.8, 4) is 17.4 Å². The third kappa shape index (κ3) is 1.70. The molecule has 3 nitrogen and oxygen atoms in total. The molecule has 0 aliphatic rings. The fourth-order valence-electron chi connectivity index (χ4n) is 1.45. The number of hydrogen-bond donors (Lipinski definition) is 1. The standard InChI is InChI=1S/C12H10N2O/c1-8-2-5-12(15-8)11-4-3-10(14)6-9(11)7-13/h2-6H,14H2,1H3. The molecule has 0 spiro atoms. The van der Waals surface area contributed by atoms with Crippen LogP contribution in [-0.4, -0.2) is 0 Å². The van der Waals surface area contributed by atoms with Crippen molar-refractivity contribution in [2.75, 3.05) is 5.73 Å². The molecule has 1 aromatic carbocycles. The minimum Gasteiger partial charge on any atom is -0.461 e. The van der Waals surface area contributed by atoms with Crippen molar-refractivity contribution in [3.63, 3.8) is 0 Å². The van der Waals surface area contributed by atoms with E-state index < -0.39 is 0 Å². The van der Waals surface area contributed by atoms with Crippen LogP contribution in [0, 0.1) is 18.3 Å². The van der Waals surface area contributed by atoms with Gasteiger partial charge >= 0.3 is 0 Å². The molecule has 1 aromatic heterocycles. The lowest BCUT2D eigenvalue weighted by Crippen LogP contribution is -1.88. The minimum atomic E-state index is 0.532. The number of nitrogens with zero attached hydrogens (tertiary/aromatic N) is 1. The Morgan fingerprint density at radius 2 is 2.07 bits per heavy atom. The number of aryl methyl sites for hydroxylation is 1. The number of benzene rings is 1. The van der Waals surface area contributed by atoms with Crippen LogP contribution in [0.3, 0.4) is 0 Å². The minimum absolute atomic E-state index is 0.532. The zero-order valence-electron chi connectivity index (χ0n) is 8.32. The second-order valence-electron chi connectivity index (χ2n) is 3.33. The van der Waals surface area contributed by atoms with Gasteiger partial charge in [0.25, 0.3) is 0 Å². The molecule has 15 heavy (non-hydrogen) atoms. The zero-order valence-corrected chi connectivity index (χ0v) is 8.32. The summed E-state index contributed by atoms with van der Waals surface area (Å²) in [5.41, 5.74) is 7.50. The molecule has 0 radical (unpaired) electrons. The Bertz CT molecular complexity index is 535. The molecule has 0 aliphatic heterocycles. The highest BCUT2D eigenvalue weighted by atomic mass is 16.3. The summed E-state index contributed by atoms with van der Waals surface area (Å²) in [6.07, 6.45) is 0. The lowest BCUT2D eigenvalue weighted by molar-refractivity contribution is 0.548. The molecule has 2 aromatic rings. The lowest BCUT2D eigenvalue weighted by atomic mass is 10.1. The smallest absolute Gasteiger partial charge is 0.135 e. The molecule has 0 saturated heterocycles. The van der Waals surface area contributed by atoms with Gasteiger partial charge in [-0.2, -0.15) is 5.26 Å². The van der Waals surface area contributed by atoms with Crippen LogP contribution >= 0.6 is 0 Å². The summed E-state index contributed by atoms with van der Waals surface area (Å²) in [6.45, 7) is 1.87. The monoisotopic (exact) mass is 198 g/mol. The van der Waals surface area contributed by atoms with Crippen LogP contribution in [0.1, 0.15) is 11.3 Å². The molecule has 0 unspecified atom stereocenters. The lowest BCUT2D eigenvalue weighted by Gasteiger charge is -2.01. The highest BCUT2D eigenvalue weighted by Crippen LogP contribution is 2.26. The summed E-state index contributed by atoms with van der Waals surface area (Å²) in [7, 11) is 0. The molecule has 0 aliphatic carbocycles. The van der Waals surface area contributed by atoms with E-state index in [4.69, 9.17) is 15.4 Å². The molecule has 0 fully saturated rings. The Hall–Kier alpha value is -2.21. The predicted molar refractivity (Wildman–Crippen MR) is 58.0 cm³/mol. The van der Waals surface area contributed by atoms with Crippen molar-refractivity contribution in [1.29, 1.82) is 5.26 Å². The maximum absolute atomic E-state index is 8.96. The molecule has 2 rings (SSSR count). The van der Waals surface area contributed by atoms with Crippen LogP contribution in [0.25, 0.3) is 11.3 Å². The first-order chi connectivity index (χ1) is 7.20. The van der Waals surface area contributed by atoms with Gasteiger partial charge in [-0.25, -0.2) is 0 Å². The van der Waals surface area contributed by atoms with Gasteiger partial charge in [-0.3, -0.25) is 0 Å². The van der Waals surface area contributed by atoms with E-state index in [-0.39, 0.29) is 0 Å². The predicted octanol–water partition coefficient (Wildman–Crippen LogP) is 2.71. The van der Waals surface area contributed by atoms with Crippen LogP contribution in [0.5, 0.6) is 0 Å². The summed E-state index contributed by atoms with van der Waals surface area (Å²) in [4.78, 5) is 0. The SMILES string of the molecule is Cc1ccc(-c2ccc(N)cc2C#N)o1. The molecule has 0 atom stereocenters. The Balaban J connectivity index is 2.58. The third-order valence-corrected chi connectivity index (χ3v) is 2.17. The van der Waals surface area contributed by atoms with Gasteiger partial charge in [-0.1, -0.05) is 0 Å². The van der Waals surface area contributed by atoms with Crippen LogP contribution in [0.15, 0.2) is 34.7 Å². The molecule has 1 heterocycles. The highest BCUT2D eigenvalue weighted by Gasteiger charge is 2.08. The molecule has 0 saturated carbocycles. The number of anilines is 1. The number of hydrogen-bond acceptors (Lipinski definition) is 3. The highest BCUT2D eigenvalue weighted by molar-refractivity contribution is 5.69. The molecule has 74 valence electrons. The Kier molecular flexibility index (Phi) is 2.18. The number of rotatable bonds is 1. The number of nitriles is 1. The largest absolute Gasteiger partial charge is 0.461 e. The van der Waals surface area contributed by atoms with Gasteiger partial charge in [0.2, 0.25) is 0 Å². The molecular formula is C12H10N2O. The van der Waals surface area contributed by atoms with Crippen LogP contribution < -0.4 is 5.73 Å². The van der Waals surface area contributed by atoms with Crippen molar-refractivity contribution >= 4 is 5.69 Å². The fourth-order valence-corrected chi connectivity index (χ4v) is 1.45. The Morgan fingerprint density at radius 1 is 1.27 bits per heavy atom. The van der Waals surface area contributed by atoms with Gasteiger partial charge < -0.3 is 10.2 Å². The second-order valence-corrected chi connectivity index (χ2v) is 3.33. The van der Waals surface area contributed by atoms with Crippen molar-refractivity contribution in [3.05, 3.63) is 41.7 Å². The van der Waals surface area contributed by atoms with Gasteiger partial charge in [0.15, 0.2) is 0 Å². The van der Waals surface area contributed by atoms with Gasteiger partial charge in [-0.15, -0.1) is 0 Å². The summed E-state index contributed by atoms with van der Waals surface area (Å²) in [6, 6.07) is 11.0. The maximum atomic E-state index is 8.96. The number of nitrogens with two attached hydrogens (primary N) is 1. The van der Waals surface area contributed by atoms with E-state index in [1.54, 1.807) is 18.2 Å². The Labute approximate surface area is 87.7 Å². The molecule has 3 heteroatoms. The summed E-state index contributed by atoms with van der Waals surface area (Å²) in [5, 5.41) is 8.96. The van der Waals surface area contributed by atoms with Crippen LogP contribution in [0.4, 0.5) is 5.69 Å². The van der Waals surface area contributed by atoms with E-state index in [1.165, 1.54) is 0 Å². The van der Waals surface area contributed by atoms with E-state index in [2.05, 4.69) is 6.07 Å². The molecule has 0 bridgehead atoms. The molecular weight excluding hydrogens is 188 g/mol. The fraction of sp³-hybridized carbons (Fsp3) is 0.0833. The zero-order chi connectivity index (χ0) is 10.8. The average molecular weight is 198 g/mol.